The molecule has 0 bridgehead atoms. The van der Waals surface area contributed by atoms with Gasteiger partial charge >= 0.3 is 0 Å². The molecule has 0 unspecified atom stereocenters. The standard InChI is InChI=1S/C18H16FN3O2S/c1-12-3-2-4-17(24)22(12)10-9-16(23)21-18-20-15(11-25-18)13-5-7-14(19)8-6-13/h2-8,11H,9-10H2,1H3,(H,20,21,23). The lowest BCUT2D eigenvalue weighted by molar-refractivity contribution is -0.116. The number of thiazole rings is 1. The first-order valence-corrected chi connectivity index (χ1v) is 8.58. The second kappa shape index (κ2) is 7.40. The van der Waals surface area contributed by atoms with Crippen LogP contribution in [0.2, 0.25) is 0 Å². The number of nitrogens with one attached hydrogen (secondary N) is 1. The zero-order valence-corrected chi connectivity index (χ0v) is 14.3. The van der Waals surface area contributed by atoms with Crippen molar-refractivity contribution in [3.05, 3.63) is 69.7 Å². The summed E-state index contributed by atoms with van der Waals surface area (Å²) in [5, 5.41) is 5.01. The fourth-order valence-corrected chi connectivity index (χ4v) is 3.13. The Bertz CT molecular complexity index is 947. The molecule has 1 N–H and O–H groups in total. The molecule has 2 heterocycles. The van der Waals surface area contributed by atoms with Crippen molar-refractivity contribution in [2.45, 2.75) is 19.9 Å². The molecule has 3 rings (SSSR count). The number of nitrogens with zero attached hydrogens (tertiary/aromatic N) is 2. The number of carbonyl (C=O) groups is 1. The van der Waals surface area contributed by atoms with Gasteiger partial charge in [-0.2, -0.15) is 0 Å². The summed E-state index contributed by atoms with van der Waals surface area (Å²) >= 11 is 1.30. The zero-order chi connectivity index (χ0) is 17.8. The average Bonchev–Trinajstić information content (AvgIpc) is 3.03. The lowest BCUT2D eigenvalue weighted by atomic mass is 10.2. The van der Waals surface area contributed by atoms with E-state index < -0.39 is 0 Å². The van der Waals surface area contributed by atoms with Gasteiger partial charge in [0.15, 0.2) is 5.13 Å². The van der Waals surface area contributed by atoms with Crippen molar-refractivity contribution in [1.82, 2.24) is 9.55 Å². The molecule has 0 aliphatic rings. The Balaban J connectivity index is 1.62. The number of benzene rings is 1. The van der Waals surface area contributed by atoms with Crippen LogP contribution in [0.15, 0.2) is 52.6 Å². The fraction of sp³-hybridized carbons (Fsp3) is 0.167. The van der Waals surface area contributed by atoms with Gasteiger partial charge < -0.3 is 9.88 Å². The van der Waals surface area contributed by atoms with Gasteiger partial charge in [0.1, 0.15) is 5.82 Å². The molecule has 0 aliphatic heterocycles. The Morgan fingerprint density at radius 2 is 2.00 bits per heavy atom. The van der Waals surface area contributed by atoms with E-state index in [9.17, 15) is 14.0 Å². The van der Waals surface area contributed by atoms with Gasteiger partial charge in [0, 0.05) is 35.7 Å². The molecule has 7 heteroatoms. The van der Waals surface area contributed by atoms with E-state index in [0.717, 1.165) is 11.3 Å². The molecule has 0 atom stereocenters. The molecule has 0 fully saturated rings. The largest absolute Gasteiger partial charge is 0.312 e. The molecule has 0 aliphatic carbocycles. The van der Waals surface area contributed by atoms with E-state index in [1.54, 1.807) is 28.1 Å². The van der Waals surface area contributed by atoms with E-state index in [2.05, 4.69) is 10.3 Å². The Morgan fingerprint density at radius 3 is 2.72 bits per heavy atom. The van der Waals surface area contributed by atoms with Crippen LogP contribution in [0.5, 0.6) is 0 Å². The number of aromatic nitrogens is 2. The van der Waals surface area contributed by atoms with Crippen molar-refractivity contribution < 1.29 is 9.18 Å². The molecule has 0 radical (unpaired) electrons. The SMILES string of the molecule is Cc1cccc(=O)n1CCC(=O)Nc1nc(-c2ccc(F)cc2)cs1. The molecule has 1 amide bonds. The van der Waals surface area contributed by atoms with Crippen LogP contribution in [0.4, 0.5) is 9.52 Å². The topological polar surface area (TPSA) is 64.0 Å². The van der Waals surface area contributed by atoms with E-state index in [-0.39, 0.29) is 23.7 Å². The summed E-state index contributed by atoms with van der Waals surface area (Å²) in [6.07, 6.45) is 0.177. The van der Waals surface area contributed by atoms with Crippen molar-refractivity contribution in [1.29, 1.82) is 0 Å². The average molecular weight is 357 g/mol. The Kier molecular flexibility index (Phi) is 5.04. The Morgan fingerprint density at radius 1 is 1.24 bits per heavy atom. The highest BCUT2D eigenvalue weighted by atomic mass is 32.1. The number of halogens is 1. The maximum atomic E-state index is 13.0. The predicted octanol–water partition coefficient (Wildman–Crippen LogP) is 3.45. The monoisotopic (exact) mass is 357 g/mol. The summed E-state index contributed by atoms with van der Waals surface area (Å²) in [6, 6.07) is 11.0. The number of aryl methyl sites for hydroxylation is 1. The molecule has 128 valence electrons. The maximum absolute atomic E-state index is 13.0. The molecule has 25 heavy (non-hydrogen) atoms. The molecule has 1 aromatic carbocycles. The zero-order valence-electron chi connectivity index (χ0n) is 13.5. The summed E-state index contributed by atoms with van der Waals surface area (Å²) in [4.78, 5) is 28.2. The molecular weight excluding hydrogens is 341 g/mol. The van der Waals surface area contributed by atoms with Gasteiger partial charge in [-0.15, -0.1) is 11.3 Å². The maximum Gasteiger partial charge on any atom is 0.250 e. The van der Waals surface area contributed by atoms with Crippen molar-refractivity contribution in [3.63, 3.8) is 0 Å². The minimum Gasteiger partial charge on any atom is -0.312 e. The summed E-state index contributed by atoms with van der Waals surface area (Å²) in [5.41, 5.74) is 2.15. The quantitative estimate of drug-likeness (QED) is 0.761. The van der Waals surface area contributed by atoms with Crippen molar-refractivity contribution in [2.24, 2.45) is 0 Å². The number of amides is 1. The smallest absolute Gasteiger partial charge is 0.250 e. The number of anilines is 1. The lowest BCUT2D eigenvalue weighted by Gasteiger charge is -2.08. The van der Waals surface area contributed by atoms with E-state index in [1.165, 1.54) is 29.5 Å². The van der Waals surface area contributed by atoms with E-state index >= 15 is 0 Å². The van der Waals surface area contributed by atoms with Crippen LogP contribution in [0.3, 0.4) is 0 Å². The Hall–Kier alpha value is -2.80. The first-order chi connectivity index (χ1) is 12.0. The first-order valence-electron chi connectivity index (χ1n) is 7.71. The summed E-state index contributed by atoms with van der Waals surface area (Å²) in [5.74, 6) is -0.519. The van der Waals surface area contributed by atoms with Crippen LogP contribution in [-0.2, 0) is 11.3 Å². The van der Waals surface area contributed by atoms with E-state index in [4.69, 9.17) is 0 Å². The van der Waals surface area contributed by atoms with Crippen LogP contribution < -0.4 is 10.9 Å². The van der Waals surface area contributed by atoms with Gasteiger partial charge in [-0.3, -0.25) is 9.59 Å². The molecule has 3 aromatic rings. The van der Waals surface area contributed by atoms with Crippen LogP contribution >= 0.6 is 11.3 Å². The van der Waals surface area contributed by atoms with Gasteiger partial charge in [0.2, 0.25) is 5.91 Å². The van der Waals surface area contributed by atoms with Crippen molar-refractivity contribution >= 4 is 22.4 Å². The fourth-order valence-electron chi connectivity index (χ4n) is 2.39. The van der Waals surface area contributed by atoms with Crippen LogP contribution in [-0.4, -0.2) is 15.5 Å². The number of pyridine rings is 1. The third-order valence-electron chi connectivity index (χ3n) is 3.72. The normalized spacial score (nSPS) is 10.6. The molecule has 0 saturated carbocycles. The van der Waals surface area contributed by atoms with Gasteiger partial charge in [0.05, 0.1) is 5.69 Å². The van der Waals surface area contributed by atoms with Gasteiger partial charge in [-0.1, -0.05) is 6.07 Å². The Labute approximate surface area is 147 Å². The van der Waals surface area contributed by atoms with Crippen LogP contribution in [0.25, 0.3) is 11.3 Å². The van der Waals surface area contributed by atoms with Crippen LogP contribution in [0.1, 0.15) is 12.1 Å². The highest BCUT2D eigenvalue weighted by Crippen LogP contribution is 2.25. The van der Waals surface area contributed by atoms with Crippen molar-refractivity contribution in [2.75, 3.05) is 5.32 Å². The molecule has 0 spiro atoms. The first kappa shape index (κ1) is 17.0. The number of carbonyl (C=O) groups excluding carboxylic acids is 1. The number of rotatable bonds is 5. The van der Waals surface area contributed by atoms with E-state index in [0.29, 0.717) is 17.4 Å². The third-order valence-corrected chi connectivity index (χ3v) is 4.48. The summed E-state index contributed by atoms with van der Waals surface area (Å²) < 4.78 is 14.5. The highest BCUT2D eigenvalue weighted by molar-refractivity contribution is 7.14. The summed E-state index contributed by atoms with van der Waals surface area (Å²) in [7, 11) is 0. The van der Waals surface area contributed by atoms with Crippen LogP contribution in [0, 0.1) is 12.7 Å². The predicted molar refractivity (Wildman–Crippen MR) is 96.2 cm³/mol. The van der Waals surface area contributed by atoms with E-state index in [1.807, 2.05) is 13.0 Å². The van der Waals surface area contributed by atoms with Crippen molar-refractivity contribution in [3.8, 4) is 11.3 Å². The molecular formula is C18H16FN3O2S. The third kappa shape index (κ3) is 4.19. The lowest BCUT2D eigenvalue weighted by Crippen LogP contribution is -2.24. The minimum absolute atomic E-state index is 0.124. The summed E-state index contributed by atoms with van der Waals surface area (Å²) in [6.45, 7) is 2.14. The molecule has 5 nitrogen and oxygen atoms in total. The second-order valence-corrected chi connectivity index (χ2v) is 6.36. The number of hydrogen-bond donors (Lipinski definition) is 1. The van der Waals surface area contributed by atoms with Gasteiger partial charge in [-0.25, -0.2) is 9.37 Å². The molecule has 0 saturated heterocycles. The highest BCUT2D eigenvalue weighted by Gasteiger charge is 2.09. The van der Waals surface area contributed by atoms with Gasteiger partial charge in [0.25, 0.3) is 5.56 Å². The molecule has 2 aromatic heterocycles. The second-order valence-electron chi connectivity index (χ2n) is 5.50. The minimum atomic E-state index is -0.307. The number of hydrogen-bond acceptors (Lipinski definition) is 4. The van der Waals surface area contributed by atoms with Gasteiger partial charge in [-0.05, 0) is 37.3 Å².